The number of likely N-dealkylation sites (tertiary alicyclic amines) is 1. The predicted molar refractivity (Wildman–Crippen MR) is 47.6 cm³/mol. The van der Waals surface area contributed by atoms with Crippen molar-refractivity contribution in [1.82, 2.24) is 4.90 Å². The molecule has 0 aromatic rings. The van der Waals surface area contributed by atoms with Gasteiger partial charge in [0, 0.05) is 19.0 Å². The molecule has 0 aromatic carbocycles. The number of amides is 1. The van der Waals surface area contributed by atoms with Crippen LogP contribution in [0, 0.1) is 0 Å². The van der Waals surface area contributed by atoms with Crippen LogP contribution in [0.2, 0.25) is 0 Å². The molecule has 1 amide bonds. The summed E-state index contributed by atoms with van der Waals surface area (Å²) in [6.45, 7) is 1.22. The van der Waals surface area contributed by atoms with Crippen LogP contribution < -0.4 is 0 Å². The van der Waals surface area contributed by atoms with Crippen LogP contribution in [0.25, 0.3) is 0 Å². The van der Waals surface area contributed by atoms with Crippen molar-refractivity contribution in [1.29, 1.82) is 0 Å². The minimum atomic E-state index is -0.820. The molecule has 0 unspecified atom stereocenters. The number of rotatable bonds is 1. The molecule has 0 spiro atoms. The maximum atomic E-state index is 10.5. The molecule has 1 N–H and O–H groups in total. The second kappa shape index (κ2) is 4.36. The van der Waals surface area contributed by atoms with Gasteiger partial charge < -0.3 is 10.0 Å². The van der Waals surface area contributed by atoms with E-state index in [0.29, 0.717) is 19.0 Å². The Labute approximate surface area is 76.6 Å². The zero-order valence-electron chi connectivity index (χ0n) is 6.79. The van der Waals surface area contributed by atoms with E-state index in [0.717, 1.165) is 12.8 Å². The molecular weight excluding hydrogens is 178 g/mol. The van der Waals surface area contributed by atoms with Crippen LogP contribution >= 0.6 is 11.6 Å². The quantitative estimate of drug-likeness (QED) is 0.506. The molecule has 1 rings (SSSR count). The van der Waals surface area contributed by atoms with E-state index in [1.54, 1.807) is 0 Å². The molecule has 0 radical (unpaired) electrons. The number of nitrogens with zero attached hydrogens (tertiary/aromatic N) is 1. The molecule has 0 saturated carbocycles. The normalized spacial score (nSPS) is 17.8. The first kappa shape index (κ1) is 9.39. The lowest BCUT2D eigenvalue weighted by molar-refractivity contribution is 0.141. The molecule has 68 valence electrons. The number of allylic oxidation sites excluding steroid dienone is 1. The monoisotopic (exact) mass is 189 g/mol. The summed E-state index contributed by atoms with van der Waals surface area (Å²) < 4.78 is 0. The summed E-state index contributed by atoms with van der Waals surface area (Å²) >= 11 is 5.53. The fourth-order valence-electron chi connectivity index (χ4n) is 1.30. The smallest absolute Gasteiger partial charge is 0.407 e. The van der Waals surface area contributed by atoms with Crippen molar-refractivity contribution < 1.29 is 9.90 Å². The Balaban J connectivity index is 2.39. The zero-order chi connectivity index (χ0) is 8.97. The average Bonchev–Trinajstić information content (AvgIpc) is 2.06. The number of hydrogen-bond acceptors (Lipinski definition) is 1. The second-order valence-electron chi connectivity index (χ2n) is 2.79. The molecule has 3 nitrogen and oxygen atoms in total. The molecule has 12 heavy (non-hydrogen) atoms. The fourth-order valence-corrected chi connectivity index (χ4v) is 1.52. The van der Waals surface area contributed by atoms with Gasteiger partial charge in [-0.25, -0.2) is 4.79 Å². The summed E-state index contributed by atoms with van der Waals surface area (Å²) in [4.78, 5) is 11.9. The molecule has 1 aliphatic heterocycles. The van der Waals surface area contributed by atoms with Crippen LogP contribution in [0.3, 0.4) is 0 Å². The summed E-state index contributed by atoms with van der Waals surface area (Å²) in [6.07, 6.45) is 2.82. The fraction of sp³-hybridized carbons (Fsp3) is 0.625. The largest absolute Gasteiger partial charge is 0.465 e. The summed E-state index contributed by atoms with van der Waals surface area (Å²) in [5.41, 5.74) is 1.28. The molecule has 4 heteroatoms. The number of carboxylic acid groups (broad SMARTS) is 1. The van der Waals surface area contributed by atoms with E-state index < -0.39 is 6.09 Å². The van der Waals surface area contributed by atoms with Crippen molar-refractivity contribution in [3.05, 3.63) is 11.6 Å². The van der Waals surface area contributed by atoms with E-state index in [4.69, 9.17) is 16.7 Å². The van der Waals surface area contributed by atoms with E-state index in [1.165, 1.54) is 10.5 Å². The predicted octanol–water partition coefficient (Wildman–Crippen LogP) is 1.93. The minimum absolute atomic E-state index is 0.530. The van der Waals surface area contributed by atoms with Gasteiger partial charge in [-0.1, -0.05) is 11.6 Å². The highest BCUT2D eigenvalue weighted by atomic mass is 35.5. The first-order chi connectivity index (χ1) is 5.74. The Kier molecular flexibility index (Phi) is 3.41. The summed E-state index contributed by atoms with van der Waals surface area (Å²) in [6, 6.07) is 0. The van der Waals surface area contributed by atoms with Crippen molar-refractivity contribution >= 4 is 17.7 Å². The van der Waals surface area contributed by atoms with E-state index in [2.05, 4.69) is 0 Å². The van der Waals surface area contributed by atoms with Crippen LogP contribution in [-0.2, 0) is 0 Å². The van der Waals surface area contributed by atoms with Gasteiger partial charge in [0.2, 0.25) is 0 Å². The topological polar surface area (TPSA) is 40.5 Å². The minimum Gasteiger partial charge on any atom is -0.465 e. The molecule has 1 fully saturated rings. The van der Waals surface area contributed by atoms with Gasteiger partial charge in [-0.05, 0) is 12.8 Å². The number of piperidine rings is 1. The Morgan fingerprint density at radius 3 is 2.58 bits per heavy atom. The van der Waals surface area contributed by atoms with Gasteiger partial charge >= 0.3 is 6.09 Å². The number of hydrogen-bond donors (Lipinski definition) is 1. The van der Waals surface area contributed by atoms with Crippen LogP contribution in [0.5, 0.6) is 0 Å². The third kappa shape index (κ3) is 2.41. The van der Waals surface area contributed by atoms with E-state index in [-0.39, 0.29) is 0 Å². The molecule has 1 saturated heterocycles. The van der Waals surface area contributed by atoms with Crippen LogP contribution in [-0.4, -0.2) is 35.1 Å². The Morgan fingerprint density at radius 1 is 1.58 bits per heavy atom. The summed E-state index contributed by atoms with van der Waals surface area (Å²) in [7, 11) is 0. The van der Waals surface area contributed by atoms with E-state index >= 15 is 0 Å². The van der Waals surface area contributed by atoms with Gasteiger partial charge in [-0.3, -0.25) is 0 Å². The standard InChI is InChI=1S/C8H12ClNO2/c9-4-1-7-2-5-10(6-3-7)8(11)12/h1H,2-6H2,(H,11,12). The first-order valence-electron chi connectivity index (χ1n) is 3.96. The van der Waals surface area contributed by atoms with Gasteiger partial charge in [0.25, 0.3) is 0 Å². The maximum absolute atomic E-state index is 10.5. The highest BCUT2D eigenvalue weighted by molar-refractivity contribution is 6.18. The number of carbonyl (C=O) groups is 1. The van der Waals surface area contributed by atoms with Crippen molar-refractivity contribution in [2.75, 3.05) is 19.0 Å². The molecule has 0 atom stereocenters. The SMILES string of the molecule is O=C(O)N1CCC(=CCCl)CC1. The third-order valence-electron chi connectivity index (χ3n) is 2.04. The second-order valence-corrected chi connectivity index (χ2v) is 3.09. The van der Waals surface area contributed by atoms with Gasteiger partial charge in [0.05, 0.1) is 0 Å². The van der Waals surface area contributed by atoms with Crippen LogP contribution in [0.1, 0.15) is 12.8 Å². The summed E-state index contributed by atoms with van der Waals surface area (Å²) in [5, 5.41) is 8.63. The Bertz CT molecular complexity index is 193. The van der Waals surface area contributed by atoms with Crippen molar-refractivity contribution in [3.63, 3.8) is 0 Å². The molecular formula is C8H12ClNO2. The molecule has 0 aliphatic carbocycles. The van der Waals surface area contributed by atoms with Crippen molar-refractivity contribution in [2.45, 2.75) is 12.8 Å². The Hall–Kier alpha value is -0.700. The zero-order valence-corrected chi connectivity index (χ0v) is 7.55. The van der Waals surface area contributed by atoms with E-state index in [9.17, 15) is 4.79 Å². The maximum Gasteiger partial charge on any atom is 0.407 e. The molecule has 0 bridgehead atoms. The van der Waals surface area contributed by atoms with Gasteiger partial charge in [0.15, 0.2) is 0 Å². The molecule has 0 aromatic heterocycles. The third-order valence-corrected chi connectivity index (χ3v) is 2.20. The number of halogens is 1. The van der Waals surface area contributed by atoms with Crippen molar-refractivity contribution in [2.24, 2.45) is 0 Å². The average molecular weight is 190 g/mol. The number of alkyl halides is 1. The lowest BCUT2D eigenvalue weighted by Crippen LogP contribution is -2.35. The first-order valence-corrected chi connectivity index (χ1v) is 4.49. The lowest BCUT2D eigenvalue weighted by Gasteiger charge is -2.25. The van der Waals surface area contributed by atoms with Gasteiger partial charge in [-0.15, -0.1) is 11.6 Å². The lowest BCUT2D eigenvalue weighted by atomic mass is 10.0. The molecule has 1 heterocycles. The highest BCUT2D eigenvalue weighted by Gasteiger charge is 2.16. The Morgan fingerprint density at radius 2 is 2.17 bits per heavy atom. The van der Waals surface area contributed by atoms with Crippen LogP contribution in [0.15, 0.2) is 11.6 Å². The van der Waals surface area contributed by atoms with E-state index in [1.807, 2.05) is 6.08 Å². The highest BCUT2D eigenvalue weighted by Crippen LogP contribution is 2.15. The molecule has 1 aliphatic rings. The van der Waals surface area contributed by atoms with Gasteiger partial charge in [0.1, 0.15) is 0 Å². The summed E-state index contributed by atoms with van der Waals surface area (Å²) in [5.74, 6) is 0.530. The van der Waals surface area contributed by atoms with Gasteiger partial charge in [-0.2, -0.15) is 0 Å². The van der Waals surface area contributed by atoms with Crippen molar-refractivity contribution in [3.8, 4) is 0 Å². The van der Waals surface area contributed by atoms with Crippen LogP contribution in [0.4, 0.5) is 4.79 Å².